The van der Waals surface area contributed by atoms with E-state index in [1.54, 1.807) is 0 Å². The van der Waals surface area contributed by atoms with Crippen LogP contribution in [0.3, 0.4) is 0 Å². The van der Waals surface area contributed by atoms with Crippen LogP contribution in [0.4, 0.5) is 0 Å². The van der Waals surface area contributed by atoms with Gasteiger partial charge in [-0.2, -0.15) is 0 Å². The summed E-state index contributed by atoms with van der Waals surface area (Å²) < 4.78 is 0. The molecule has 0 aliphatic rings. The third-order valence-electron chi connectivity index (χ3n) is 1.89. The van der Waals surface area contributed by atoms with E-state index < -0.39 is 0 Å². The van der Waals surface area contributed by atoms with Crippen molar-refractivity contribution in [3.8, 4) is 0 Å². The summed E-state index contributed by atoms with van der Waals surface area (Å²) in [5.41, 5.74) is 5.68. The van der Waals surface area contributed by atoms with Gasteiger partial charge in [-0.25, -0.2) is 0 Å². The standard InChI is InChI=1S/C11H25N3/c1-9(2)6-5-7-13-11(12)14-8-10(3)4/h9-10H,5-8H2,1-4H3,(H3,12,13,14). The Morgan fingerprint density at radius 3 is 2.36 bits per heavy atom. The lowest BCUT2D eigenvalue weighted by Gasteiger charge is -2.07. The summed E-state index contributed by atoms with van der Waals surface area (Å²) in [7, 11) is 0. The fraction of sp³-hybridized carbons (Fsp3) is 0.909. The second-order valence-corrected chi connectivity index (χ2v) is 4.58. The largest absolute Gasteiger partial charge is 0.370 e. The third kappa shape index (κ3) is 9.36. The molecule has 0 heterocycles. The molecule has 0 fully saturated rings. The second-order valence-electron chi connectivity index (χ2n) is 4.58. The van der Waals surface area contributed by atoms with Crippen LogP contribution in [0.5, 0.6) is 0 Å². The van der Waals surface area contributed by atoms with Crippen LogP contribution in [-0.2, 0) is 0 Å². The van der Waals surface area contributed by atoms with Gasteiger partial charge in [0.15, 0.2) is 5.96 Å². The van der Waals surface area contributed by atoms with Crippen molar-refractivity contribution >= 4 is 5.96 Å². The average molecular weight is 199 g/mol. The quantitative estimate of drug-likeness (QED) is 0.390. The Bertz CT molecular complexity index is 162. The topological polar surface area (TPSA) is 50.4 Å². The molecule has 0 saturated heterocycles. The molecule has 0 unspecified atom stereocenters. The lowest BCUT2D eigenvalue weighted by Crippen LogP contribution is -2.32. The lowest BCUT2D eigenvalue weighted by atomic mass is 10.1. The molecule has 84 valence electrons. The number of aliphatic imine (C=N–C) groups is 1. The monoisotopic (exact) mass is 199 g/mol. The number of hydrogen-bond acceptors (Lipinski definition) is 1. The van der Waals surface area contributed by atoms with Crippen molar-refractivity contribution in [2.24, 2.45) is 22.6 Å². The molecule has 0 atom stereocenters. The van der Waals surface area contributed by atoms with Crippen LogP contribution >= 0.6 is 0 Å². The zero-order valence-corrected chi connectivity index (χ0v) is 10.0. The maximum absolute atomic E-state index is 5.68. The Kier molecular flexibility index (Phi) is 7.25. The van der Waals surface area contributed by atoms with Crippen molar-refractivity contribution in [2.45, 2.75) is 40.5 Å². The van der Waals surface area contributed by atoms with Gasteiger partial charge in [-0.05, 0) is 24.7 Å². The van der Waals surface area contributed by atoms with E-state index in [9.17, 15) is 0 Å². The lowest BCUT2D eigenvalue weighted by molar-refractivity contribution is 0.550. The minimum atomic E-state index is 0.575. The van der Waals surface area contributed by atoms with Crippen LogP contribution in [0.1, 0.15) is 40.5 Å². The summed E-state index contributed by atoms with van der Waals surface area (Å²) in [5.74, 6) is 1.93. The molecule has 0 saturated carbocycles. The normalized spacial score (nSPS) is 12.6. The van der Waals surface area contributed by atoms with Gasteiger partial charge in [0.1, 0.15) is 0 Å². The van der Waals surface area contributed by atoms with Gasteiger partial charge in [-0.1, -0.05) is 27.7 Å². The smallest absolute Gasteiger partial charge is 0.188 e. The van der Waals surface area contributed by atoms with Gasteiger partial charge in [0.05, 0.1) is 0 Å². The maximum Gasteiger partial charge on any atom is 0.188 e. The van der Waals surface area contributed by atoms with Gasteiger partial charge in [0.25, 0.3) is 0 Å². The molecule has 0 aliphatic heterocycles. The van der Waals surface area contributed by atoms with E-state index >= 15 is 0 Å². The van der Waals surface area contributed by atoms with Gasteiger partial charge < -0.3 is 11.1 Å². The van der Waals surface area contributed by atoms with Crippen molar-refractivity contribution in [1.29, 1.82) is 0 Å². The van der Waals surface area contributed by atoms with Crippen LogP contribution in [0.25, 0.3) is 0 Å². The molecule has 0 aromatic rings. The first kappa shape index (κ1) is 13.3. The highest BCUT2D eigenvalue weighted by molar-refractivity contribution is 5.77. The van der Waals surface area contributed by atoms with Gasteiger partial charge >= 0.3 is 0 Å². The molecule has 0 amide bonds. The van der Waals surface area contributed by atoms with Crippen LogP contribution in [-0.4, -0.2) is 19.0 Å². The van der Waals surface area contributed by atoms with Gasteiger partial charge in [0.2, 0.25) is 0 Å². The third-order valence-corrected chi connectivity index (χ3v) is 1.89. The number of guanidine groups is 1. The summed E-state index contributed by atoms with van der Waals surface area (Å²) in [4.78, 5) is 4.22. The van der Waals surface area contributed by atoms with Gasteiger partial charge in [-0.15, -0.1) is 0 Å². The SMILES string of the molecule is CC(C)CCCNC(N)=NCC(C)C. The van der Waals surface area contributed by atoms with Crippen LogP contribution in [0, 0.1) is 11.8 Å². The molecule has 0 aliphatic carbocycles. The molecule has 0 spiro atoms. The Morgan fingerprint density at radius 2 is 1.86 bits per heavy atom. The summed E-state index contributed by atoms with van der Waals surface area (Å²) in [6, 6.07) is 0. The van der Waals surface area contributed by atoms with Crippen LogP contribution in [0.15, 0.2) is 4.99 Å². The minimum absolute atomic E-state index is 0.575. The van der Waals surface area contributed by atoms with Crippen LogP contribution in [0.2, 0.25) is 0 Å². The van der Waals surface area contributed by atoms with Crippen molar-refractivity contribution in [3.63, 3.8) is 0 Å². The van der Waals surface area contributed by atoms with E-state index in [1.165, 1.54) is 6.42 Å². The molecule has 0 aromatic carbocycles. The molecule has 3 nitrogen and oxygen atoms in total. The van der Waals surface area contributed by atoms with Crippen molar-refractivity contribution < 1.29 is 0 Å². The van der Waals surface area contributed by atoms with Crippen molar-refractivity contribution in [3.05, 3.63) is 0 Å². The molecule has 3 heteroatoms. The fourth-order valence-corrected chi connectivity index (χ4v) is 1.06. The predicted molar refractivity (Wildman–Crippen MR) is 63.4 cm³/mol. The number of rotatable bonds is 6. The Hall–Kier alpha value is -0.730. The Labute approximate surface area is 88.2 Å². The molecule has 0 bridgehead atoms. The van der Waals surface area contributed by atoms with E-state index in [0.717, 1.165) is 25.4 Å². The van der Waals surface area contributed by atoms with E-state index in [0.29, 0.717) is 11.9 Å². The molecule has 3 N–H and O–H groups in total. The maximum atomic E-state index is 5.68. The molecule has 0 rings (SSSR count). The van der Waals surface area contributed by atoms with E-state index in [-0.39, 0.29) is 0 Å². The Morgan fingerprint density at radius 1 is 1.21 bits per heavy atom. The van der Waals surface area contributed by atoms with Crippen molar-refractivity contribution in [1.82, 2.24) is 5.32 Å². The highest BCUT2D eigenvalue weighted by Crippen LogP contribution is 2.01. The zero-order valence-electron chi connectivity index (χ0n) is 10.0. The molecule has 0 radical (unpaired) electrons. The van der Waals surface area contributed by atoms with E-state index in [4.69, 9.17) is 5.73 Å². The summed E-state index contributed by atoms with van der Waals surface area (Å²) in [6.45, 7) is 10.5. The Balaban J connectivity index is 3.43. The average Bonchev–Trinajstić information content (AvgIpc) is 2.08. The highest BCUT2D eigenvalue weighted by Gasteiger charge is 1.95. The summed E-state index contributed by atoms with van der Waals surface area (Å²) in [6.07, 6.45) is 2.40. The van der Waals surface area contributed by atoms with Crippen molar-refractivity contribution in [2.75, 3.05) is 13.1 Å². The first-order valence-electron chi connectivity index (χ1n) is 5.56. The number of nitrogens with zero attached hydrogens (tertiary/aromatic N) is 1. The fourth-order valence-electron chi connectivity index (χ4n) is 1.06. The number of nitrogens with two attached hydrogens (primary N) is 1. The van der Waals surface area contributed by atoms with E-state index in [1.807, 2.05) is 0 Å². The summed E-state index contributed by atoms with van der Waals surface area (Å²) >= 11 is 0. The molecule has 0 aromatic heterocycles. The minimum Gasteiger partial charge on any atom is -0.370 e. The first-order valence-corrected chi connectivity index (χ1v) is 5.56. The van der Waals surface area contributed by atoms with Gasteiger partial charge in [0, 0.05) is 13.1 Å². The zero-order chi connectivity index (χ0) is 11.0. The van der Waals surface area contributed by atoms with Gasteiger partial charge in [-0.3, -0.25) is 4.99 Å². The van der Waals surface area contributed by atoms with Crippen LogP contribution < -0.4 is 11.1 Å². The first-order chi connectivity index (χ1) is 6.52. The number of hydrogen-bond donors (Lipinski definition) is 2. The molecular formula is C11H25N3. The molecule has 14 heavy (non-hydrogen) atoms. The number of nitrogens with one attached hydrogen (secondary N) is 1. The van der Waals surface area contributed by atoms with E-state index in [2.05, 4.69) is 38.0 Å². The summed E-state index contributed by atoms with van der Waals surface area (Å²) in [5, 5.41) is 3.12. The second kappa shape index (κ2) is 7.65. The predicted octanol–water partition coefficient (Wildman–Crippen LogP) is 1.98. The highest BCUT2D eigenvalue weighted by atomic mass is 15.1. The molecular weight excluding hydrogens is 174 g/mol.